The molecule has 0 aromatic heterocycles. The van der Waals surface area contributed by atoms with Gasteiger partial charge in [-0.1, -0.05) is 36.0 Å². The fourth-order valence-corrected chi connectivity index (χ4v) is 4.55. The minimum Gasteiger partial charge on any atom is -0.352 e. The maximum Gasteiger partial charge on any atom is 0.256 e. The lowest BCUT2D eigenvalue weighted by Crippen LogP contribution is -2.25. The number of benzene rings is 3. The van der Waals surface area contributed by atoms with Crippen LogP contribution < -0.4 is 15.4 Å². The molecule has 0 radical (unpaired) electrons. The van der Waals surface area contributed by atoms with Gasteiger partial charge >= 0.3 is 0 Å². The van der Waals surface area contributed by atoms with E-state index in [9.17, 15) is 18.0 Å². The van der Waals surface area contributed by atoms with Gasteiger partial charge in [0, 0.05) is 27.6 Å². The van der Waals surface area contributed by atoms with Gasteiger partial charge in [0.1, 0.15) is 0 Å². The largest absolute Gasteiger partial charge is 0.352 e. The topological polar surface area (TPSA) is 104 Å². The molecule has 3 N–H and O–H groups in total. The van der Waals surface area contributed by atoms with Crippen molar-refractivity contribution in [3.63, 3.8) is 0 Å². The molecule has 4 rings (SSSR count). The second-order valence-electron chi connectivity index (χ2n) is 6.84. The van der Waals surface area contributed by atoms with E-state index in [0.29, 0.717) is 35.5 Å². The maximum absolute atomic E-state index is 12.6. The van der Waals surface area contributed by atoms with Crippen molar-refractivity contribution in [3.05, 3.63) is 83.4 Å². The first kappa shape index (κ1) is 21.0. The lowest BCUT2D eigenvalue weighted by molar-refractivity contribution is 0.0952. The SMILES string of the molecule is O=C(NCCc1ccc(N[SH](=O)=O)cc1)c1ccc2c(c1)NC(=O)c1ccccc1S2. The Morgan fingerprint density at radius 1 is 0.968 bits per heavy atom. The lowest BCUT2D eigenvalue weighted by atomic mass is 10.1. The molecule has 0 fully saturated rings. The lowest BCUT2D eigenvalue weighted by Gasteiger charge is -2.10. The molecule has 9 heteroatoms. The molecule has 1 aliphatic rings. The number of thiol groups is 1. The van der Waals surface area contributed by atoms with Crippen molar-refractivity contribution >= 4 is 45.8 Å². The molecule has 0 bridgehead atoms. The van der Waals surface area contributed by atoms with Crippen molar-refractivity contribution in [1.29, 1.82) is 0 Å². The summed E-state index contributed by atoms with van der Waals surface area (Å²) in [6.45, 7) is 0.422. The van der Waals surface area contributed by atoms with E-state index in [2.05, 4.69) is 15.4 Å². The van der Waals surface area contributed by atoms with Crippen molar-refractivity contribution < 1.29 is 18.0 Å². The summed E-state index contributed by atoms with van der Waals surface area (Å²) < 4.78 is 23.7. The van der Waals surface area contributed by atoms with Crippen LogP contribution >= 0.6 is 11.8 Å². The highest BCUT2D eigenvalue weighted by Crippen LogP contribution is 2.38. The summed E-state index contributed by atoms with van der Waals surface area (Å²) in [6.07, 6.45) is 0.600. The molecule has 158 valence electrons. The summed E-state index contributed by atoms with van der Waals surface area (Å²) in [7, 11) is -2.69. The third kappa shape index (κ3) is 5.07. The third-order valence-corrected chi connectivity index (χ3v) is 6.31. The Morgan fingerprint density at radius 2 is 1.74 bits per heavy atom. The highest BCUT2D eigenvalue weighted by atomic mass is 32.2. The van der Waals surface area contributed by atoms with Gasteiger partial charge in [-0.3, -0.25) is 14.3 Å². The first-order valence-electron chi connectivity index (χ1n) is 9.50. The van der Waals surface area contributed by atoms with E-state index in [4.69, 9.17) is 0 Å². The molecule has 0 saturated heterocycles. The van der Waals surface area contributed by atoms with Crippen molar-refractivity contribution in [2.24, 2.45) is 0 Å². The number of nitrogens with one attached hydrogen (secondary N) is 3. The molecule has 31 heavy (non-hydrogen) atoms. The predicted octanol–water partition coefficient (Wildman–Crippen LogP) is 3.31. The zero-order chi connectivity index (χ0) is 21.8. The van der Waals surface area contributed by atoms with Gasteiger partial charge in [0.2, 0.25) is 10.9 Å². The fourth-order valence-electron chi connectivity index (χ4n) is 3.18. The van der Waals surface area contributed by atoms with Crippen LogP contribution in [0.3, 0.4) is 0 Å². The normalized spacial score (nSPS) is 12.4. The second kappa shape index (κ2) is 9.23. The van der Waals surface area contributed by atoms with Crippen LogP contribution in [0, 0.1) is 0 Å². The molecule has 0 atom stereocenters. The zero-order valence-corrected chi connectivity index (χ0v) is 18.0. The first-order chi connectivity index (χ1) is 15.0. The smallest absolute Gasteiger partial charge is 0.256 e. The minimum atomic E-state index is -2.69. The van der Waals surface area contributed by atoms with Crippen LogP contribution in [0.1, 0.15) is 26.3 Å². The van der Waals surface area contributed by atoms with Crippen molar-refractivity contribution in [2.45, 2.75) is 16.2 Å². The van der Waals surface area contributed by atoms with Gasteiger partial charge in [-0.05, 0) is 54.4 Å². The standard InChI is InChI=1S/C22H19N3O4S2/c26-21(23-12-11-14-5-8-16(9-6-14)25-31(28)29)15-7-10-20-18(13-15)24-22(27)17-3-1-2-4-19(17)30-20/h1-10,13,31H,11-12H2,(H,23,26)(H,24,27)(H,25,28,29). The number of carbonyl (C=O) groups is 2. The summed E-state index contributed by atoms with van der Waals surface area (Å²) >= 11 is 1.49. The van der Waals surface area contributed by atoms with Crippen molar-refractivity contribution in [2.75, 3.05) is 16.6 Å². The monoisotopic (exact) mass is 453 g/mol. The van der Waals surface area contributed by atoms with Crippen LogP contribution in [0.2, 0.25) is 0 Å². The molecule has 0 unspecified atom stereocenters. The van der Waals surface area contributed by atoms with E-state index in [1.165, 1.54) is 11.8 Å². The molecular formula is C22H19N3O4S2. The molecule has 3 aromatic carbocycles. The molecule has 0 spiro atoms. The summed E-state index contributed by atoms with van der Waals surface area (Å²) in [5, 5.41) is 5.76. The Bertz CT molecular complexity index is 1220. The summed E-state index contributed by atoms with van der Waals surface area (Å²) in [5.74, 6) is -0.427. The predicted molar refractivity (Wildman–Crippen MR) is 121 cm³/mol. The van der Waals surface area contributed by atoms with Crippen LogP contribution in [-0.2, 0) is 17.3 Å². The van der Waals surface area contributed by atoms with Gasteiger partial charge in [0.05, 0.1) is 11.3 Å². The van der Waals surface area contributed by atoms with Gasteiger partial charge in [0.25, 0.3) is 11.8 Å². The van der Waals surface area contributed by atoms with E-state index in [0.717, 1.165) is 15.4 Å². The average molecular weight is 454 g/mol. The Hall–Kier alpha value is -3.30. The Balaban J connectivity index is 1.39. The van der Waals surface area contributed by atoms with Crippen molar-refractivity contribution in [3.8, 4) is 0 Å². The van der Waals surface area contributed by atoms with E-state index < -0.39 is 10.9 Å². The summed E-state index contributed by atoms with van der Waals surface area (Å²) in [4.78, 5) is 26.8. The van der Waals surface area contributed by atoms with Gasteiger partial charge in [-0.15, -0.1) is 0 Å². The molecule has 0 aliphatic carbocycles. The molecule has 2 amide bonds. The molecule has 3 aromatic rings. The summed E-state index contributed by atoms with van der Waals surface area (Å²) in [5.41, 5.74) is 3.15. The van der Waals surface area contributed by atoms with Crippen LogP contribution in [0.25, 0.3) is 0 Å². The Morgan fingerprint density at radius 3 is 2.52 bits per heavy atom. The van der Waals surface area contributed by atoms with Gasteiger partial charge in [-0.25, -0.2) is 8.42 Å². The number of carbonyl (C=O) groups excluding carboxylic acids is 2. The maximum atomic E-state index is 12.6. The molecule has 0 saturated carbocycles. The number of hydrogen-bond acceptors (Lipinski definition) is 5. The summed E-state index contributed by atoms with van der Waals surface area (Å²) in [6, 6.07) is 19.6. The minimum absolute atomic E-state index is 0.195. The number of hydrogen-bond donors (Lipinski definition) is 4. The second-order valence-corrected chi connectivity index (χ2v) is 8.66. The highest BCUT2D eigenvalue weighted by molar-refractivity contribution is 7.99. The third-order valence-electron chi connectivity index (χ3n) is 4.72. The molecule has 1 heterocycles. The van der Waals surface area contributed by atoms with Crippen LogP contribution in [0.5, 0.6) is 0 Å². The van der Waals surface area contributed by atoms with Gasteiger partial charge in [0.15, 0.2) is 0 Å². The fraction of sp³-hybridized carbons (Fsp3) is 0.0909. The Kier molecular flexibility index (Phi) is 6.24. The first-order valence-corrected chi connectivity index (χ1v) is 11.5. The Labute approximate surface area is 185 Å². The van der Waals surface area contributed by atoms with E-state index in [1.807, 2.05) is 24.3 Å². The zero-order valence-electron chi connectivity index (χ0n) is 16.3. The van der Waals surface area contributed by atoms with E-state index in [-0.39, 0.29) is 11.8 Å². The molecular weight excluding hydrogens is 434 g/mol. The number of fused-ring (bicyclic) bond motifs is 2. The van der Waals surface area contributed by atoms with Crippen LogP contribution in [0.4, 0.5) is 11.4 Å². The van der Waals surface area contributed by atoms with E-state index in [1.54, 1.807) is 42.5 Å². The van der Waals surface area contributed by atoms with E-state index >= 15 is 0 Å². The molecule has 1 aliphatic heterocycles. The van der Waals surface area contributed by atoms with Crippen LogP contribution in [-0.4, -0.2) is 26.8 Å². The average Bonchev–Trinajstić information content (AvgIpc) is 2.89. The van der Waals surface area contributed by atoms with Crippen LogP contribution in [0.15, 0.2) is 76.5 Å². The molecule has 7 nitrogen and oxygen atoms in total. The highest BCUT2D eigenvalue weighted by Gasteiger charge is 2.20. The van der Waals surface area contributed by atoms with Crippen molar-refractivity contribution in [1.82, 2.24) is 5.32 Å². The quantitative estimate of drug-likeness (QED) is 0.429. The number of amides is 2. The number of anilines is 2. The van der Waals surface area contributed by atoms with Gasteiger partial charge in [-0.2, -0.15) is 0 Å². The number of rotatable bonds is 6. The van der Waals surface area contributed by atoms with Gasteiger partial charge < -0.3 is 10.6 Å².